The third-order valence-electron chi connectivity index (χ3n) is 6.12. The first-order valence-corrected chi connectivity index (χ1v) is 11.8. The number of hydrogen-bond acceptors (Lipinski definition) is 6. The zero-order chi connectivity index (χ0) is 22.5. The van der Waals surface area contributed by atoms with Crippen LogP contribution in [0.5, 0.6) is 0 Å². The molecule has 168 valence electrons. The fourth-order valence-electron chi connectivity index (χ4n) is 4.27. The Hall–Kier alpha value is -2.58. The minimum absolute atomic E-state index is 0.0384. The molecule has 1 saturated heterocycles. The lowest BCUT2D eigenvalue weighted by Gasteiger charge is -2.39. The summed E-state index contributed by atoms with van der Waals surface area (Å²) < 4.78 is 0. The van der Waals surface area contributed by atoms with Gasteiger partial charge in [-0.25, -0.2) is 0 Å². The van der Waals surface area contributed by atoms with E-state index in [0.717, 1.165) is 42.4 Å². The molecule has 0 unspecified atom stereocenters. The van der Waals surface area contributed by atoms with Crippen molar-refractivity contribution in [1.29, 1.82) is 0 Å². The molecule has 2 aromatic heterocycles. The van der Waals surface area contributed by atoms with Crippen LogP contribution in [0.25, 0.3) is 0 Å². The zero-order valence-corrected chi connectivity index (χ0v) is 19.4. The Morgan fingerprint density at radius 3 is 2.47 bits per heavy atom. The first-order valence-electron chi connectivity index (χ1n) is 11.0. The van der Waals surface area contributed by atoms with Gasteiger partial charge in [-0.15, -0.1) is 11.3 Å². The van der Waals surface area contributed by atoms with Crippen LogP contribution >= 0.6 is 11.3 Å². The molecule has 6 nitrogen and oxygen atoms in total. The maximum absolute atomic E-state index is 13.0. The number of pyridine rings is 1. The van der Waals surface area contributed by atoms with Gasteiger partial charge in [-0.05, 0) is 43.7 Å². The molecular formula is C25H30N4O2S. The summed E-state index contributed by atoms with van der Waals surface area (Å²) in [6.07, 6.45) is 1.83. The number of amides is 1. The third kappa shape index (κ3) is 4.91. The van der Waals surface area contributed by atoms with Crippen molar-refractivity contribution < 1.29 is 9.90 Å². The molecule has 1 aromatic carbocycles. The van der Waals surface area contributed by atoms with Gasteiger partial charge in [0.1, 0.15) is 5.00 Å². The summed E-state index contributed by atoms with van der Waals surface area (Å²) in [5.74, 6) is -0.0966. The first-order chi connectivity index (χ1) is 15.6. The first kappa shape index (κ1) is 22.6. The summed E-state index contributed by atoms with van der Waals surface area (Å²) in [7, 11) is 0. The average Bonchev–Trinajstić information content (AvgIpc) is 3.09. The van der Waals surface area contributed by atoms with Gasteiger partial charge in [0.25, 0.3) is 5.91 Å². The van der Waals surface area contributed by atoms with Crippen molar-refractivity contribution in [3.63, 3.8) is 0 Å². The molecule has 3 heterocycles. The highest BCUT2D eigenvalue weighted by Gasteiger charge is 2.32. The van der Waals surface area contributed by atoms with Gasteiger partial charge >= 0.3 is 0 Å². The second-order valence-corrected chi connectivity index (χ2v) is 9.33. The number of β-amino-alcohol motifs (C(OH)–C–C–N with tert-alkyl or cyclic N) is 1. The van der Waals surface area contributed by atoms with Crippen molar-refractivity contribution >= 4 is 22.2 Å². The number of benzene rings is 1. The predicted octanol–water partition coefficient (Wildman–Crippen LogP) is 3.71. The fraction of sp³-hybridized carbons (Fsp3) is 0.360. The van der Waals surface area contributed by atoms with Crippen LogP contribution in [-0.2, 0) is 0 Å². The number of carbonyl (C=O) groups excluding carboxylic acids is 1. The number of aryl methyl sites for hydroxylation is 1. The Morgan fingerprint density at radius 2 is 1.81 bits per heavy atom. The number of aliphatic hydroxyl groups excluding tert-OH is 1. The number of thiophene rings is 1. The second kappa shape index (κ2) is 10.4. The SMILES string of the molecule is Cc1sc(NC(=O)c2ccccc2)c([C@@H](c2ccccn2)N2CCN(CCO)CC2)c1C. The lowest BCUT2D eigenvalue weighted by Crippen LogP contribution is -2.48. The molecule has 32 heavy (non-hydrogen) atoms. The zero-order valence-electron chi connectivity index (χ0n) is 18.6. The highest BCUT2D eigenvalue weighted by atomic mass is 32.1. The van der Waals surface area contributed by atoms with E-state index < -0.39 is 0 Å². The predicted molar refractivity (Wildman–Crippen MR) is 129 cm³/mol. The van der Waals surface area contributed by atoms with Crippen LogP contribution in [0.1, 0.15) is 38.1 Å². The molecule has 3 aromatic rings. The number of nitrogens with one attached hydrogen (secondary N) is 1. The van der Waals surface area contributed by atoms with Crippen LogP contribution in [0, 0.1) is 13.8 Å². The van der Waals surface area contributed by atoms with Gasteiger partial charge < -0.3 is 10.4 Å². The Bertz CT molecular complexity index is 1030. The van der Waals surface area contributed by atoms with Crippen LogP contribution in [0.3, 0.4) is 0 Å². The quantitative estimate of drug-likeness (QED) is 0.574. The number of aliphatic hydroxyl groups is 1. The lowest BCUT2D eigenvalue weighted by atomic mass is 9.97. The number of anilines is 1. The van der Waals surface area contributed by atoms with Crippen LogP contribution in [0.15, 0.2) is 54.7 Å². The van der Waals surface area contributed by atoms with Gasteiger partial charge in [0.2, 0.25) is 0 Å². The van der Waals surface area contributed by atoms with Gasteiger partial charge in [0.15, 0.2) is 0 Å². The molecule has 1 aliphatic heterocycles. The van der Waals surface area contributed by atoms with Crippen molar-refractivity contribution in [2.45, 2.75) is 19.9 Å². The Morgan fingerprint density at radius 1 is 1.09 bits per heavy atom. The molecular weight excluding hydrogens is 420 g/mol. The van der Waals surface area contributed by atoms with Crippen molar-refractivity contribution in [3.8, 4) is 0 Å². The number of aromatic nitrogens is 1. The number of piperazine rings is 1. The topological polar surface area (TPSA) is 68.7 Å². The van der Waals surface area contributed by atoms with Crippen molar-refractivity contribution in [2.24, 2.45) is 0 Å². The Balaban J connectivity index is 1.69. The average molecular weight is 451 g/mol. The van der Waals surface area contributed by atoms with Crippen molar-refractivity contribution in [1.82, 2.24) is 14.8 Å². The Labute approximate surface area is 193 Å². The summed E-state index contributed by atoms with van der Waals surface area (Å²) in [6, 6.07) is 15.3. The summed E-state index contributed by atoms with van der Waals surface area (Å²) >= 11 is 1.63. The minimum Gasteiger partial charge on any atom is -0.395 e. The smallest absolute Gasteiger partial charge is 0.256 e. The highest BCUT2D eigenvalue weighted by Crippen LogP contribution is 2.42. The molecule has 1 amide bonds. The van der Waals surface area contributed by atoms with Gasteiger partial charge in [0.05, 0.1) is 18.3 Å². The molecule has 1 aliphatic rings. The maximum atomic E-state index is 13.0. The number of carbonyl (C=O) groups is 1. The van der Waals surface area contributed by atoms with E-state index in [4.69, 9.17) is 4.98 Å². The molecule has 0 spiro atoms. The Kier molecular flexibility index (Phi) is 7.32. The van der Waals surface area contributed by atoms with Gasteiger partial charge in [-0.2, -0.15) is 0 Å². The van der Waals surface area contributed by atoms with E-state index in [1.54, 1.807) is 11.3 Å². The molecule has 0 radical (unpaired) electrons. The molecule has 0 aliphatic carbocycles. The van der Waals surface area contributed by atoms with Gasteiger partial charge in [-0.1, -0.05) is 24.3 Å². The molecule has 0 bridgehead atoms. The minimum atomic E-state index is -0.0966. The van der Waals surface area contributed by atoms with Gasteiger partial charge in [-0.3, -0.25) is 19.6 Å². The molecule has 0 saturated carbocycles. The van der Waals surface area contributed by atoms with Crippen molar-refractivity contribution in [2.75, 3.05) is 44.6 Å². The highest BCUT2D eigenvalue weighted by molar-refractivity contribution is 7.16. The van der Waals surface area contributed by atoms with Crippen LogP contribution in [0.2, 0.25) is 0 Å². The second-order valence-electron chi connectivity index (χ2n) is 8.10. The van der Waals surface area contributed by atoms with E-state index in [-0.39, 0.29) is 18.6 Å². The standard InChI is InChI=1S/C25H30N4O2S/c1-18-19(2)32-25(27-24(31)20-8-4-3-5-9-20)22(18)23(21-10-6-7-11-26-21)29-14-12-28(13-15-29)16-17-30/h3-11,23,30H,12-17H2,1-2H3,(H,27,31)/t23-/m1/s1. The fourth-order valence-corrected chi connectivity index (χ4v) is 5.36. The molecule has 1 atom stereocenters. The number of hydrogen-bond donors (Lipinski definition) is 2. The van der Waals surface area contributed by atoms with E-state index in [1.807, 2.05) is 48.7 Å². The van der Waals surface area contributed by atoms with Crippen molar-refractivity contribution in [3.05, 3.63) is 82.0 Å². The summed E-state index contributed by atoms with van der Waals surface area (Å²) in [4.78, 5) is 23.6. The van der Waals surface area contributed by atoms with E-state index in [1.165, 1.54) is 10.4 Å². The molecule has 7 heteroatoms. The van der Waals surface area contributed by atoms with Gasteiger partial charge in [0, 0.05) is 54.9 Å². The third-order valence-corrected chi connectivity index (χ3v) is 7.26. The van der Waals surface area contributed by atoms with E-state index in [2.05, 4.69) is 35.0 Å². The summed E-state index contributed by atoms with van der Waals surface area (Å²) in [5.41, 5.74) is 3.96. The molecule has 2 N–H and O–H groups in total. The number of rotatable bonds is 7. The van der Waals surface area contributed by atoms with E-state index >= 15 is 0 Å². The summed E-state index contributed by atoms with van der Waals surface area (Å²) in [6.45, 7) is 8.69. The van der Waals surface area contributed by atoms with Crippen LogP contribution in [-0.4, -0.2) is 65.1 Å². The summed E-state index contributed by atoms with van der Waals surface area (Å²) in [5, 5.41) is 13.4. The van der Waals surface area contributed by atoms with E-state index in [0.29, 0.717) is 12.1 Å². The molecule has 1 fully saturated rings. The normalized spacial score (nSPS) is 16.1. The van der Waals surface area contributed by atoms with Crippen LogP contribution < -0.4 is 5.32 Å². The van der Waals surface area contributed by atoms with E-state index in [9.17, 15) is 9.90 Å². The monoisotopic (exact) mass is 450 g/mol. The van der Waals surface area contributed by atoms with Crippen LogP contribution in [0.4, 0.5) is 5.00 Å². The lowest BCUT2D eigenvalue weighted by molar-refractivity contribution is 0.0934. The number of nitrogens with zero attached hydrogens (tertiary/aromatic N) is 3. The largest absolute Gasteiger partial charge is 0.395 e. The maximum Gasteiger partial charge on any atom is 0.256 e. The molecule has 4 rings (SSSR count).